The zero-order valence-corrected chi connectivity index (χ0v) is 11.7. The quantitative estimate of drug-likeness (QED) is 0.615. The van der Waals surface area contributed by atoms with Gasteiger partial charge in [-0.05, 0) is 24.6 Å². The monoisotopic (exact) mass is 274 g/mol. The molecule has 5 heteroatoms. The lowest BCUT2D eigenvalue weighted by Crippen LogP contribution is -2.88. The van der Waals surface area contributed by atoms with Gasteiger partial charge in [-0.2, -0.15) is 0 Å². The van der Waals surface area contributed by atoms with E-state index in [9.17, 15) is 0 Å². The van der Waals surface area contributed by atoms with E-state index < -0.39 is 0 Å². The van der Waals surface area contributed by atoms with Gasteiger partial charge in [0.1, 0.15) is 25.4 Å². The van der Waals surface area contributed by atoms with Gasteiger partial charge < -0.3 is 20.5 Å². The highest BCUT2D eigenvalue weighted by molar-refractivity contribution is 6.32. The Morgan fingerprint density at radius 3 is 2.78 bits per heavy atom. The van der Waals surface area contributed by atoms with E-state index in [1.165, 1.54) is 0 Å². The van der Waals surface area contributed by atoms with Gasteiger partial charge in [0.2, 0.25) is 0 Å². The molecule has 0 spiro atoms. The Morgan fingerprint density at radius 1 is 1.22 bits per heavy atom. The number of hydrogen-bond donors (Lipinski definition) is 2. The molecule has 0 radical (unpaired) electrons. The van der Waals surface area contributed by atoms with Crippen molar-refractivity contribution in [2.75, 3.05) is 39.5 Å². The molecule has 0 atom stereocenters. The maximum absolute atomic E-state index is 6.05. The number of rotatable bonds is 9. The van der Waals surface area contributed by atoms with Gasteiger partial charge in [-0.25, -0.2) is 0 Å². The van der Waals surface area contributed by atoms with Crippen LogP contribution in [0.3, 0.4) is 0 Å². The van der Waals surface area contributed by atoms with Crippen molar-refractivity contribution in [3.05, 3.63) is 28.8 Å². The lowest BCUT2D eigenvalue weighted by Gasteiger charge is -2.08. The second-order valence-electron chi connectivity index (χ2n) is 4.11. The average molecular weight is 275 g/mol. The van der Waals surface area contributed by atoms with Crippen LogP contribution in [0.15, 0.2) is 18.2 Å². The molecule has 0 bridgehead atoms. The zero-order chi connectivity index (χ0) is 13.2. The molecule has 0 fully saturated rings. The first-order chi connectivity index (χ1) is 8.74. The van der Waals surface area contributed by atoms with Gasteiger partial charge in [-0.1, -0.05) is 17.7 Å². The Morgan fingerprint density at radius 2 is 2.06 bits per heavy atom. The minimum Gasteiger partial charge on any atom is -0.490 e. The predicted octanol–water partition coefficient (Wildman–Crippen LogP) is -0.151. The summed E-state index contributed by atoms with van der Waals surface area (Å²) in [6, 6.07) is 5.76. The highest BCUT2D eigenvalue weighted by atomic mass is 35.5. The molecule has 0 aliphatic rings. The minimum absolute atomic E-state index is 0.526. The Labute approximate surface area is 113 Å². The lowest BCUT2D eigenvalue weighted by atomic mass is 10.2. The molecular formula is C13H23ClN2O2+2. The molecule has 102 valence electrons. The summed E-state index contributed by atoms with van der Waals surface area (Å²) in [5, 5.41) is 2.85. The molecule has 0 aliphatic carbocycles. The average Bonchev–Trinajstić information content (AvgIpc) is 2.35. The fourth-order valence-corrected chi connectivity index (χ4v) is 1.78. The predicted molar refractivity (Wildman–Crippen MR) is 71.9 cm³/mol. The number of halogens is 1. The van der Waals surface area contributed by atoms with Gasteiger partial charge in [0.25, 0.3) is 0 Å². The van der Waals surface area contributed by atoms with Crippen molar-refractivity contribution in [1.29, 1.82) is 0 Å². The van der Waals surface area contributed by atoms with Crippen LogP contribution in [0.25, 0.3) is 0 Å². The Hall–Kier alpha value is -0.810. The van der Waals surface area contributed by atoms with Crippen LogP contribution in [0.1, 0.15) is 5.56 Å². The lowest BCUT2D eigenvalue weighted by molar-refractivity contribution is -0.671. The highest BCUT2D eigenvalue weighted by Crippen LogP contribution is 2.24. The first-order valence-corrected chi connectivity index (χ1v) is 6.69. The molecule has 0 amide bonds. The summed E-state index contributed by atoms with van der Waals surface area (Å²) < 4.78 is 11.0. The second-order valence-corrected chi connectivity index (χ2v) is 4.52. The molecule has 0 heterocycles. The molecule has 1 aromatic carbocycles. The summed E-state index contributed by atoms with van der Waals surface area (Å²) in [4.78, 5) is 0. The summed E-state index contributed by atoms with van der Waals surface area (Å²) in [5.41, 5.74) is 4.91. The normalized spacial score (nSPS) is 10.6. The van der Waals surface area contributed by atoms with Crippen molar-refractivity contribution in [3.63, 3.8) is 0 Å². The Balaban J connectivity index is 2.07. The zero-order valence-electron chi connectivity index (χ0n) is 11.0. The molecule has 0 saturated heterocycles. The molecule has 1 aromatic rings. The third-order valence-electron chi connectivity index (χ3n) is 2.45. The van der Waals surface area contributed by atoms with Gasteiger partial charge in [0.05, 0.1) is 24.8 Å². The van der Waals surface area contributed by atoms with E-state index in [4.69, 9.17) is 21.1 Å². The van der Waals surface area contributed by atoms with Crippen molar-refractivity contribution >= 4 is 11.6 Å². The molecule has 4 nitrogen and oxygen atoms in total. The van der Waals surface area contributed by atoms with Crippen molar-refractivity contribution in [2.45, 2.75) is 6.92 Å². The largest absolute Gasteiger partial charge is 0.490 e. The summed E-state index contributed by atoms with van der Waals surface area (Å²) in [6.07, 6.45) is 0. The highest BCUT2D eigenvalue weighted by Gasteiger charge is 2.01. The molecule has 0 aromatic heterocycles. The van der Waals surface area contributed by atoms with Gasteiger partial charge in [-0.3, -0.25) is 0 Å². The first kappa shape index (κ1) is 15.2. The molecule has 18 heavy (non-hydrogen) atoms. The summed E-state index contributed by atoms with van der Waals surface area (Å²) in [6.45, 7) is 6.83. The molecular weight excluding hydrogens is 252 g/mol. The van der Waals surface area contributed by atoms with Gasteiger partial charge in [-0.15, -0.1) is 0 Å². The summed E-state index contributed by atoms with van der Waals surface area (Å²) >= 11 is 6.05. The van der Waals surface area contributed by atoms with E-state index >= 15 is 0 Å². The third-order valence-corrected chi connectivity index (χ3v) is 2.74. The van der Waals surface area contributed by atoms with Crippen LogP contribution in [0, 0.1) is 6.92 Å². The molecule has 0 saturated carbocycles. The maximum atomic E-state index is 6.05. The number of benzene rings is 1. The molecule has 0 unspecified atom stereocenters. The number of hydrogen-bond acceptors (Lipinski definition) is 2. The second kappa shape index (κ2) is 9.16. The standard InChI is InChI=1S/C13H21ClN2O2/c1-11-2-3-13(12(14)10-11)18-9-8-17-7-6-16-5-4-15/h2-3,10,16H,4-9,15H2,1H3/p+2. The van der Waals surface area contributed by atoms with Crippen LogP contribution < -0.4 is 15.8 Å². The first-order valence-electron chi connectivity index (χ1n) is 6.31. The number of ether oxygens (including phenoxy) is 2. The summed E-state index contributed by atoms with van der Waals surface area (Å²) in [5.74, 6) is 0.717. The summed E-state index contributed by atoms with van der Waals surface area (Å²) in [7, 11) is 0. The number of quaternary nitrogens is 2. The van der Waals surface area contributed by atoms with E-state index in [0.717, 1.165) is 37.6 Å². The van der Waals surface area contributed by atoms with Crippen molar-refractivity contribution in [3.8, 4) is 5.75 Å². The van der Waals surface area contributed by atoms with Crippen LogP contribution in [-0.4, -0.2) is 39.5 Å². The number of aryl methyl sites for hydroxylation is 1. The van der Waals surface area contributed by atoms with Crippen LogP contribution in [0.5, 0.6) is 5.75 Å². The molecule has 0 aliphatic heterocycles. The van der Waals surface area contributed by atoms with E-state index in [-0.39, 0.29) is 0 Å². The number of nitrogens with two attached hydrogens (primary N) is 1. The Kier molecular flexibility index (Phi) is 7.76. The van der Waals surface area contributed by atoms with Crippen molar-refractivity contribution in [1.82, 2.24) is 0 Å². The Bertz CT molecular complexity index is 348. The van der Waals surface area contributed by atoms with Gasteiger partial charge >= 0.3 is 0 Å². The van der Waals surface area contributed by atoms with E-state index in [1.54, 1.807) is 0 Å². The van der Waals surface area contributed by atoms with E-state index in [1.807, 2.05) is 25.1 Å². The van der Waals surface area contributed by atoms with E-state index in [2.05, 4.69) is 11.1 Å². The minimum atomic E-state index is 0.526. The van der Waals surface area contributed by atoms with Crippen LogP contribution in [0.2, 0.25) is 5.02 Å². The SMILES string of the molecule is Cc1ccc(OCCOCC[NH2+]CC[NH3+])c(Cl)c1. The van der Waals surface area contributed by atoms with Crippen LogP contribution >= 0.6 is 11.6 Å². The smallest absolute Gasteiger partial charge is 0.138 e. The fraction of sp³-hybridized carbons (Fsp3) is 0.538. The topological polar surface area (TPSA) is 62.7 Å². The van der Waals surface area contributed by atoms with Crippen molar-refractivity contribution in [2.24, 2.45) is 0 Å². The van der Waals surface area contributed by atoms with Crippen molar-refractivity contribution < 1.29 is 20.5 Å². The van der Waals surface area contributed by atoms with E-state index in [0.29, 0.717) is 18.2 Å². The molecule has 1 rings (SSSR count). The van der Waals surface area contributed by atoms with Crippen LogP contribution in [-0.2, 0) is 4.74 Å². The fourth-order valence-electron chi connectivity index (χ4n) is 1.49. The maximum Gasteiger partial charge on any atom is 0.138 e. The molecule has 5 N–H and O–H groups in total. The third kappa shape index (κ3) is 6.21. The van der Waals surface area contributed by atoms with Gasteiger partial charge in [0, 0.05) is 0 Å². The van der Waals surface area contributed by atoms with Crippen LogP contribution in [0.4, 0.5) is 0 Å². The van der Waals surface area contributed by atoms with Gasteiger partial charge in [0.15, 0.2) is 0 Å².